The highest BCUT2D eigenvalue weighted by Gasteiger charge is 2.25. The fourth-order valence-electron chi connectivity index (χ4n) is 2.48. The van der Waals surface area contributed by atoms with Crippen LogP contribution >= 0.6 is 23.2 Å². The van der Waals surface area contributed by atoms with Gasteiger partial charge in [-0.1, -0.05) is 23.2 Å². The lowest BCUT2D eigenvalue weighted by molar-refractivity contribution is 0.0690. The fourth-order valence-corrected chi connectivity index (χ4v) is 3.98. The molecule has 0 spiro atoms. The van der Waals surface area contributed by atoms with Crippen molar-refractivity contribution in [3.05, 3.63) is 52.1 Å². The van der Waals surface area contributed by atoms with E-state index < -0.39 is 58.9 Å². The fraction of sp³-hybridized carbons (Fsp3) is 0. The van der Waals surface area contributed by atoms with E-state index in [4.69, 9.17) is 27.8 Å². The molecule has 0 saturated heterocycles. The van der Waals surface area contributed by atoms with Crippen molar-refractivity contribution in [2.75, 3.05) is 0 Å². The van der Waals surface area contributed by atoms with Crippen molar-refractivity contribution in [3.63, 3.8) is 0 Å². The average molecular weight is 537 g/mol. The van der Waals surface area contributed by atoms with Crippen LogP contribution in [0.5, 0.6) is 5.88 Å². The van der Waals surface area contributed by atoms with Crippen LogP contribution in [0.1, 0.15) is 10.5 Å². The zero-order chi connectivity index (χ0) is 24.7. The molecule has 174 valence electrons. The first kappa shape index (κ1) is 24.6. The summed E-state index contributed by atoms with van der Waals surface area (Å²) in [4.78, 5) is 10.3. The first-order valence-electron chi connectivity index (χ1n) is 8.21. The topological polar surface area (TPSA) is 209 Å². The second-order valence-electron chi connectivity index (χ2n) is 6.12. The summed E-state index contributed by atoms with van der Waals surface area (Å²) in [7, 11) is -9.33. The van der Waals surface area contributed by atoms with Crippen molar-refractivity contribution in [2.45, 2.75) is 9.79 Å². The van der Waals surface area contributed by atoms with Crippen molar-refractivity contribution in [3.8, 4) is 11.6 Å². The van der Waals surface area contributed by atoms with Crippen molar-refractivity contribution in [1.82, 2.24) is 9.78 Å². The Kier molecular flexibility index (Phi) is 6.47. The standard InChI is InChI=1S/C16H10Cl2N4O9S2/c17-9-5-11(12(6-10(9)18)33(29,30)31)19-20-13-14(16(24)25)21-22(15(13)23)7-1-3-8(4-2-7)32(26,27)28/h1-6,23H,(H,24,25)(H,26,27,28)(H,29,30,31)/b20-19+. The molecule has 1 aromatic heterocycles. The Labute approximate surface area is 195 Å². The number of rotatable bonds is 6. The highest BCUT2D eigenvalue weighted by Crippen LogP contribution is 2.38. The number of halogens is 2. The van der Waals surface area contributed by atoms with Gasteiger partial charge in [0.05, 0.1) is 20.6 Å². The molecular weight excluding hydrogens is 527 g/mol. The van der Waals surface area contributed by atoms with E-state index in [1.165, 1.54) is 0 Å². The monoisotopic (exact) mass is 536 g/mol. The highest BCUT2D eigenvalue weighted by atomic mass is 35.5. The Hall–Kier alpha value is -3.08. The minimum absolute atomic E-state index is 0.0167. The third kappa shape index (κ3) is 5.13. The molecule has 4 N–H and O–H groups in total. The molecule has 0 unspecified atom stereocenters. The lowest BCUT2D eigenvalue weighted by atomic mass is 10.3. The molecule has 33 heavy (non-hydrogen) atoms. The van der Waals surface area contributed by atoms with Crippen LogP contribution in [0.25, 0.3) is 5.69 Å². The maximum Gasteiger partial charge on any atom is 0.358 e. The summed E-state index contributed by atoms with van der Waals surface area (Å²) in [6, 6.07) is 5.90. The van der Waals surface area contributed by atoms with Gasteiger partial charge in [-0.25, -0.2) is 4.79 Å². The van der Waals surface area contributed by atoms with E-state index in [9.17, 15) is 36.4 Å². The van der Waals surface area contributed by atoms with Crippen molar-refractivity contribution in [2.24, 2.45) is 10.2 Å². The lowest BCUT2D eigenvalue weighted by Crippen LogP contribution is -2.02. The first-order valence-corrected chi connectivity index (χ1v) is 11.8. The summed E-state index contributed by atoms with van der Waals surface area (Å²) in [5.74, 6) is -2.50. The Bertz CT molecular complexity index is 1520. The molecule has 0 atom stereocenters. The average Bonchev–Trinajstić information content (AvgIpc) is 3.04. The van der Waals surface area contributed by atoms with Crippen LogP contribution < -0.4 is 0 Å². The number of benzene rings is 2. The maximum atomic E-state index is 11.6. The van der Waals surface area contributed by atoms with Gasteiger partial charge < -0.3 is 10.2 Å². The Morgan fingerprint density at radius 2 is 1.52 bits per heavy atom. The number of hydrogen-bond donors (Lipinski definition) is 4. The van der Waals surface area contributed by atoms with Crippen molar-refractivity contribution >= 4 is 60.8 Å². The molecule has 0 radical (unpaired) electrons. The highest BCUT2D eigenvalue weighted by molar-refractivity contribution is 7.86. The van der Waals surface area contributed by atoms with Crippen molar-refractivity contribution < 1.29 is 40.9 Å². The van der Waals surface area contributed by atoms with Crippen LogP contribution in [0.3, 0.4) is 0 Å². The molecule has 0 aliphatic carbocycles. The molecule has 13 nitrogen and oxygen atoms in total. The SMILES string of the molecule is O=C(O)c1nn(-c2ccc(S(=O)(=O)O)cc2)c(O)c1/N=N/c1cc(Cl)c(Cl)cc1S(=O)(=O)O. The summed E-state index contributed by atoms with van der Waals surface area (Å²) in [6.07, 6.45) is 0. The number of carbonyl (C=O) groups is 1. The van der Waals surface area contributed by atoms with Gasteiger partial charge in [0.2, 0.25) is 11.6 Å². The van der Waals surface area contributed by atoms with Gasteiger partial charge in [-0.3, -0.25) is 9.11 Å². The van der Waals surface area contributed by atoms with E-state index in [-0.39, 0.29) is 15.7 Å². The molecular formula is C16H10Cl2N4O9S2. The number of azo groups is 1. The largest absolute Gasteiger partial charge is 0.492 e. The number of carboxylic acid groups (broad SMARTS) is 1. The summed E-state index contributed by atoms with van der Waals surface area (Å²) in [6.45, 7) is 0. The Balaban J connectivity index is 2.14. The number of nitrogens with zero attached hydrogens (tertiary/aromatic N) is 4. The molecule has 3 rings (SSSR count). The van der Waals surface area contributed by atoms with Gasteiger partial charge >= 0.3 is 5.97 Å². The quantitative estimate of drug-likeness (QED) is 0.266. The van der Waals surface area contributed by atoms with Crippen molar-refractivity contribution in [1.29, 1.82) is 0 Å². The van der Waals surface area contributed by atoms with Gasteiger partial charge in [-0.2, -0.15) is 26.6 Å². The van der Waals surface area contributed by atoms with E-state index in [0.717, 1.165) is 36.4 Å². The molecule has 17 heteroatoms. The zero-order valence-corrected chi connectivity index (χ0v) is 18.8. The van der Waals surface area contributed by atoms with Crippen LogP contribution in [-0.2, 0) is 20.2 Å². The number of aromatic carboxylic acids is 1. The summed E-state index contributed by atoms with van der Waals surface area (Å²) in [5, 5.41) is 30.2. The van der Waals surface area contributed by atoms with E-state index >= 15 is 0 Å². The van der Waals surface area contributed by atoms with Gasteiger partial charge in [0.15, 0.2) is 5.69 Å². The number of carboxylic acids is 1. The van der Waals surface area contributed by atoms with Gasteiger partial charge in [-0.05, 0) is 36.4 Å². The molecule has 0 saturated carbocycles. The summed E-state index contributed by atoms with van der Waals surface area (Å²) < 4.78 is 64.6. The molecule has 0 bridgehead atoms. The second kappa shape index (κ2) is 8.69. The van der Waals surface area contributed by atoms with Crippen LogP contribution in [0, 0.1) is 0 Å². The number of aromatic nitrogens is 2. The molecule has 2 aromatic carbocycles. The minimum atomic E-state index is -4.83. The predicted molar refractivity (Wildman–Crippen MR) is 112 cm³/mol. The van der Waals surface area contributed by atoms with Gasteiger partial charge in [-0.15, -0.1) is 10.2 Å². The summed E-state index contributed by atoms with van der Waals surface area (Å²) in [5.41, 5.74) is -2.04. The molecule has 0 aliphatic heterocycles. The van der Waals surface area contributed by atoms with Crippen LogP contribution in [-0.4, -0.2) is 51.9 Å². The lowest BCUT2D eigenvalue weighted by Gasteiger charge is -2.04. The summed E-state index contributed by atoms with van der Waals surface area (Å²) >= 11 is 11.6. The Morgan fingerprint density at radius 1 is 0.939 bits per heavy atom. The van der Waals surface area contributed by atoms with Gasteiger partial charge in [0.1, 0.15) is 10.6 Å². The Morgan fingerprint density at radius 3 is 2.03 bits per heavy atom. The maximum absolute atomic E-state index is 11.6. The van der Waals surface area contributed by atoms with Crippen LogP contribution in [0.2, 0.25) is 10.0 Å². The van der Waals surface area contributed by atoms with Crippen LogP contribution in [0.15, 0.2) is 56.4 Å². The molecule has 0 amide bonds. The minimum Gasteiger partial charge on any atom is -0.492 e. The van der Waals surface area contributed by atoms with Crippen LogP contribution in [0.4, 0.5) is 11.4 Å². The number of hydrogen-bond acceptors (Lipinski definition) is 9. The molecule has 1 heterocycles. The van der Waals surface area contributed by atoms with E-state index in [2.05, 4.69) is 15.3 Å². The zero-order valence-electron chi connectivity index (χ0n) is 15.7. The smallest absolute Gasteiger partial charge is 0.358 e. The normalized spacial score (nSPS) is 12.4. The third-order valence-corrected chi connectivity index (χ3v) is 6.43. The van der Waals surface area contributed by atoms with E-state index in [1.54, 1.807) is 0 Å². The molecule has 0 fully saturated rings. The molecule has 0 aliphatic rings. The number of aromatic hydroxyl groups is 1. The van der Waals surface area contributed by atoms with E-state index in [1.807, 2.05) is 0 Å². The van der Waals surface area contributed by atoms with Gasteiger partial charge in [0, 0.05) is 0 Å². The van der Waals surface area contributed by atoms with Gasteiger partial charge in [0.25, 0.3) is 20.2 Å². The van der Waals surface area contributed by atoms with E-state index in [0.29, 0.717) is 4.68 Å². The first-order chi connectivity index (χ1) is 15.2. The molecule has 3 aromatic rings. The third-order valence-electron chi connectivity index (χ3n) is 3.96. The second-order valence-corrected chi connectivity index (χ2v) is 9.74. The predicted octanol–water partition coefficient (Wildman–Crippen LogP) is 3.49.